The van der Waals surface area contributed by atoms with Crippen LogP contribution in [0.3, 0.4) is 0 Å². The molecule has 0 spiro atoms. The second kappa shape index (κ2) is 4.06. The monoisotopic (exact) mass is 256 g/mol. The highest BCUT2D eigenvalue weighted by molar-refractivity contribution is 7.92. The van der Waals surface area contributed by atoms with Crippen molar-refractivity contribution in [2.24, 2.45) is 0 Å². The Morgan fingerprint density at radius 1 is 1.31 bits per heavy atom. The third-order valence-corrected chi connectivity index (χ3v) is 3.75. The van der Waals surface area contributed by atoms with E-state index in [0.29, 0.717) is 5.69 Å². The Bertz CT molecular complexity index is 563. The average molecular weight is 256 g/mol. The van der Waals surface area contributed by atoms with Crippen LogP contribution in [0.5, 0.6) is 0 Å². The van der Waals surface area contributed by atoms with Gasteiger partial charge >= 0.3 is 0 Å². The first-order valence-corrected chi connectivity index (χ1v) is 6.63. The third kappa shape index (κ3) is 2.28. The third-order valence-electron chi connectivity index (χ3n) is 1.73. The quantitative estimate of drug-likeness (QED) is 0.851. The summed E-state index contributed by atoms with van der Waals surface area (Å²) in [5, 5.41) is 3.47. The summed E-state index contributed by atoms with van der Waals surface area (Å²) in [5.74, 6) is 0.0366. The van der Waals surface area contributed by atoms with Crippen LogP contribution in [0.2, 0.25) is 0 Å². The minimum Gasteiger partial charge on any atom is -0.368 e. The second-order valence-electron chi connectivity index (χ2n) is 2.89. The molecule has 6 nitrogen and oxygen atoms in total. The Morgan fingerprint density at radius 2 is 2.00 bits per heavy atom. The van der Waals surface area contributed by atoms with Gasteiger partial charge in [0.05, 0.1) is 18.1 Å². The van der Waals surface area contributed by atoms with E-state index in [0.717, 1.165) is 12.4 Å². The van der Waals surface area contributed by atoms with E-state index in [-0.39, 0.29) is 10.8 Å². The number of hydrogen-bond donors (Lipinski definition) is 2. The van der Waals surface area contributed by atoms with Gasteiger partial charge in [0.15, 0.2) is 0 Å². The van der Waals surface area contributed by atoms with Crippen molar-refractivity contribution in [1.29, 1.82) is 0 Å². The first-order valence-electron chi connectivity index (χ1n) is 4.20. The fraction of sp³-hybridized carbons (Fsp3) is 0. The minimum atomic E-state index is -3.62. The maximum Gasteiger partial charge on any atom is 0.265 e. The normalized spacial score (nSPS) is 11.2. The van der Waals surface area contributed by atoms with Crippen molar-refractivity contribution in [3.05, 3.63) is 29.2 Å². The summed E-state index contributed by atoms with van der Waals surface area (Å²) < 4.78 is 26.0. The van der Waals surface area contributed by atoms with Gasteiger partial charge in [0.25, 0.3) is 10.0 Å². The number of nitrogen functional groups attached to an aromatic ring is 1. The lowest BCUT2D eigenvalue weighted by atomic mass is 10.6. The van der Waals surface area contributed by atoms with E-state index in [9.17, 15) is 8.42 Å². The molecule has 0 aromatic carbocycles. The lowest BCUT2D eigenvalue weighted by Gasteiger charge is -2.04. The highest BCUT2D eigenvalue weighted by Crippen LogP contribution is 2.17. The van der Waals surface area contributed by atoms with Crippen molar-refractivity contribution < 1.29 is 8.42 Å². The number of aromatic nitrogens is 2. The van der Waals surface area contributed by atoms with E-state index in [1.807, 2.05) is 0 Å². The fourth-order valence-electron chi connectivity index (χ4n) is 1.00. The maximum atomic E-state index is 11.8. The molecule has 0 aliphatic carbocycles. The van der Waals surface area contributed by atoms with Crippen LogP contribution in [0, 0.1) is 0 Å². The van der Waals surface area contributed by atoms with E-state index in [1.54, 1.807) is 16.8 Å². The highest BCUT2D eigenvalue weighted by atomic mass is 32.2. The summed E-state index contributed by atoms with van der Waals surface area (Å²) in [6, 6.07) is 1.67. The Labute approximate surface area is 96.2 Å². The standard InChI is InChI=1S/C8H8N4O2S2/c9-8-10-3-7(4-11-8)16(13,14)12-6-1-2-15-5-6/h1-5,12H,(H2,9,10,11). The van der Waals surface area contributed by atoms with Gasteiger partial charge in [-0.1, -0.05) is 0 Å². The van der Waals surface area contributed by atoms with Gasteiger partial charge < -0.3 is 5.73 Å². The molecule has 0 unspecified atom stereocenters. The number of anilines is 2. The molecular formula is C8H8N4O2S2. The number of thiophene rings is 1. The second-order valence-corrected chi connectivity index (χ2v) is 5.36. The molecule has 0 radical (unpaired) electrons. The number of hydrogen-bond acceptors (Lipinski definition) is 6. The Kier molecular flexibility index (Phi) is 2.75. The van der Waals surface area contributed by atoms with Crippen molar-refractivity contribution in [2.75, 3.05) is 10.5 Å². The predicted octanol–water partition coefficient (Wildman–Crippen LogP) is 0.921. The first kappa shape index (κ1) is 10.8. The Morgan fingerprint density at radius 3 is 2.56 bits per heavy atom. The van der Waals surface area contributed by atoms with Gasteiger partial charge in [0, 0.05) is 5.38 Å². The molecule has 0 bridgehead atoms. The van der Waals surface area contributed by atoms with Crippen molar-refractivity contribution in [2.45, 2.75) is 4.90 Å². The van der Waals surface area contributed by atoms with Crippen LogP contribution in [0.15, 0.2) is 34.1 Å². The van der Waals surface area contributed by atoms with Crippen LogP contribution >= 0.6 is 11.3 Å². The minimum absolute atomic E-state index is 0.0205. The summed E-state index contributed by atoms with van der Waals surface area (Å²) >= 11 is 1.40. The molecule has 0 saturated heterocycles. The molecule has 8 heteroatoms. The summed E-state index contributed by atoms with van der Waals surface area (Å²) in [5.41, 5.74) is 5.79. The lowest BCUT2D eigenvalue weighted by molar-refractivity contribution is 0.600. The average Bonchev–Trinajstić information content (AvgIpc) is 2.70. The molecular weight excluding hydrogens is 248 g/mol. The molecule has 0 saturated carbocycles. The zero-order valence-corrected chi connectivity index (χ0v) is 9.62. The van der Waals surface area contributed by atoms with E-state index in [4.69, 9.17) is 5.73 Å². The van der Waals surface area contributed by atoms with Crippen LogP contribution in [0.25, 0.3) is 0 Å². The van der Waals surface area contributed by atoms with Crippen LogP contribution in [-0.2, 0) is 10.0 Å². The molecule has 2 heterocycles. The summed E-state index contributed by atoms with van der Waals surface area (Å²) in [4.78, 5) is 7.23. The van der Waals surface area contributed by atoms with Crippen molar-refractivity contribution in [3.63, 3.8) is 0 Å². The van der Waals surface area contributed by atoms with E-state index in [1.165, 1.54) is 11.3 Å². The number of nitrogens with two attached hydrogens (primary N) is 1. The van der Waals surface area contributed by atoms with E-state index >= 15 is 0 Å². The maximum absolute atomic E-state index is 11.8. The Balaban J connectivity index is 2.29. The molecule has 0 fully saturated rings. The summed E-state index contributed by atoms with van der Waals surface area (Å²) in [6.45, 7) is 0. The van der Waals surface area contributed by atoms with E-state index < -0.39 is 10.0 Å². The topological polar surface area (TPSA) is 98.0 Å². The summed E-state index contributed by atoms with van der Waals surface area (Å²) in [6.07, 6.45) is 2.33. The van der Waals surface area contributed by atoms with Gasteiger partial charge in [-0.3, -0.25) is 4.72 Å². The molecule has 2 aromatic heterocycles. The van der Waals surface area contributed by atoms with Gasteiger partial charge in [-0.25, -0.2) is 18.4 Å². The van der Waals surface area contributed by atoms with Crippen LogP contribution < -0.4 is 10.5 Å². The summed E-state index contributed by atoms with van der Waals surface area (Å²) in [7, 11) is -3.62. The van der Waals surface area contributed by atoms with E-state index in [2.05, 4.69) is 14.7 Å². The van der Waals surface area contributed by atoms with Crippen molar-refractivity contribution in [1.82, 2.24) is 9.97 Å². The van der Waals surface area contributed by atoms with Gasteiger partial charge in [-0.2, -0.15) is 11.3 Å². The van der Waals surface area contributed by atoms with Crippen molar-refractivity contribution >= 4 is 33.0 Å². The van der Waals surface area contributed by atoms with Crippen LogP contribution in [-0.4, -0.2) is 18.4 Å². The van der Waals surface area contributed by atoms with Gasteiger partial charge in [-0.05, 0) is 11.4 Å². The molecule has 84 valence electrons. The number of sulfonamides is 1. The molecule has 2 aromatic rings. The van der Waals surface area contributed by atoms with Gasteiger partial charge in [0.1, 0.15) is 4.90 Å². The molecule has 16 heavy (non-hydrogen) atoms. The number of rotatable bonds is 3. The Hall–Kier alpha value is -1.67. The smallest absolute Gasteiger partial charge is 0.265 e. The number of nitrogens with zero attached hydrogens (tertiary/aromatic N) is 2. The highest BCUT2D eigenvalue weighted by Gasteiger charge is 2.15. The number of nitrogens with one attached hydrogen (secondary N) is 1. The molecule has 0 amide bonds. The molecule has 2 rings (SSSR count). The zero-order valence-electron chi connectivity index (χ0n) is 7.99. The first-order chi connectivity index (χ1) is 7.58. The molecule has 0 aliphatic heterocycles. The molecule has 0 aliphatic rings. The SMILES string of the molecule is Nc1ncc(S(=O)(=O)Nc2ccsc2)cn1. The lowest BCUT2D eigenvalue weighted by Crippen LogP contribution is -2.13. The van der Waals surface area contributed by atoms with Crippen LogP contribution in [0.1, 0.15) is 0 Å². The van der Waals surface area contributed by atoms with Crippen molar-refractivity contribution in [3.8, 4) is 0 Å². The van der Waals surface area contributed by atoms with Gasteiger partial charge in [-0.15, -0.1) is 0 Å². The zero-order chi connectivity index (χ0) is 11.6. The predicted molar refractivity (Wildman–Crippen MR) is 61.6 cm³/mol. The molecule has 0 atom stereocenters. The fourth-order valence-corrected chi connectivity index (χ4v) is 2.60. The largest absolute Gasteiger partial charge is 0.368 e. The van der Waals surface area contributed by atoms with Gasteiger partial charge in [0.2, 0.25) is 5.95 Å². The molecule has 3 N–H and O–H groups in total. The van der Waals surface area contributed by atoms with Crippen LogP contribution in [0.4, 0.5) is 11.6 Å².